The van der Waals surface area contributed by atoms with Crippen molar-refractivity contribution >= 4 is 5.91 Å². The Morgan fingerprint density at radius 3 is 3.04 bits per heavy atom. The first-order valence-corrected chi connectivity index (χ1v) is 8.88. The van der Waals surface area contributed by atoms with Gasteiger partial charge in [0.1, 0.15) is 6.10 Å². The van der Waals surface area contributed by atoms with E-state index in [2.05, 4.69) is 29.6 Å². The molecule has 6 heteroatoms. The van der Waals surface area contributed by atoms with Crippen molar-refractivity contribution in [1.29, 1.82) is 0 Å². The third-order valence-electron chi connectivity index (χ3n) is 4.90. The number of ether oxygens (including phenoxy) is 1. The molecule has 128 valence electrons. The summed E-state index contributed by atoms with van der Waals surface area (Å²) in [7, 11) is 0. The van der Waals surface area contributed by atoms with Crippen molar-refractivity contribution in [3.63, 3.8) is 0 Å². The average molecular weight is 320 g/mol. The van der Waals surface area contributed by atoms with Gasteiger partial charge in [0.2, 0.25) is 5.91 Å². The predicted octanol–water partition coefficient (Wildman–Crippen LogP) is 1.85. The molecule has 1 aliphatic carbocycles. The molecule has 1 saturated heterocycles. The van der Waals surface area contributed by atoms with Gasteiger partial charge in [-0.1, -0.05) is 0 Å². The Hall–Kier alpha value is -1.56. The van der Waals surface area contributed by atoms with Gasteiger partial charge in [0.25, 0.3) is 0 Å². The molecular formula is C17H28N4O2. The van der Waals surface area contributed by atoms with E-state index < -0.39 is 0 Å². The van der Waals surface area contributed by atoms with Gasteiger partial charge in [0, 0.05) is 31.1 Å². The molecule has 0 radical (unpaired) electrons. The monoisotopic (exact) mass is 320 g/mol. The molecule has 6 nitrogen and oxygen atoms in total. The standard InChI is InChI=1S/C17H28N4O2/c1-3-21-11-14(10-18-21)23-16-6-4-5-15(16)19-12(2)9-13-7-8-17(22)20-13/h10-13,15-16,19H,3-9H2,1-2H3,(H,20,22)/t12?,13?,15-,16+/m0/s1. The molecule has 2 fully saturated rings. The van der Waals surface area contributed by atoms with E-state index in [1.54, 1.807) is 6.20 Å². The molecule has 2 N–H and O–H groups in total. The molecule has 3 rings (SSSR count). The van der Waals surface area contributed by atoms with Crippen molar-refractivity contribution in [3.8, 4) is 5.75 Å². The van der Waals surface area contributed by atoms with Gasteiger partial charge in [-0.2, -0.15) is 5.10 Å². The fraction of sp³-hybridized carbons (Fsp3) is 0.765. The van der Waals surface area contributed by atoms with Crippen LogP contribution in [-0.4, -0.2) is 39.9 Å². The van der Waals surface area contributed by atoms with Crippen LogP contribution < -0.4 is 15.4 Å². The van der Waals surface area contributed by atoms with Crippen LogP contribution in [0.4, 0.5) is 0 Å². The second-order valence-corrected chi connectivity index (χ2v) is 6.83. The van der Waals surface area contributed by atoms with E-state index >= 15 is 0 Å². The molecule has 1 amide bonds. The molecule has 1 aromatic rings. The summed E-state index contributed by atoms with van der Waals surface area (Å²) in [5.41, 5.74) is 0. The summed E-state index contributed by atoms with van der Waals surface area (Å²) in [6.07, 6.45) is 10.0. The molecule has 2 heterocycles. The van der Waals surface area contributed by atoms with Gasteiger partial charge < -0.3 is 15.4 Å². The zero-order valence-corrected chi connectivity index (χ0v) is 14.1. The maximum Gasteiger partial charge on any atom is 0.220 e. The molecule has 0 bridgehead atoms. The van der Waals surface area contributed by atoms with Gasteiger partial charge in [-0.3, -0.25) is 9.48 Å². The number of aromatic nitrogens is 2. The highest BCUT2D eigenvalue weighted by Gasteiger charge is 2.31. The molecule has 2 aliphatic rings. The van der Waals surface area contributed by atoms with Crippen molar-refractivity contribution in [2.24, 2.45) is 0 Å². The fourth-order valence-electron chi connectivity index (χ4n) is 3.73. The lowest BCUT2D eigenvalue weighted by atomic mass is 10.1. The van der Waals surface area contributed by atoms with Crippen LogP contribution in [0.2, 0.25) is 0 Å². The minimum Gasteiger partial charge on any atom is -0.486 e. The Morgan fingerprint density at radius 1 is 1.48 bits per heavy atom. The number of hydrogen-bond acceptors (Lipinski definition) is 4. The largest absolute Gasteiger partial charge is 0.486 e. The van der Waals surface area contributed by atoms with Gasteiger partial charge in [0.05, 0.1) is 12.4 Å². The van der Waals surface area contributed by atoms with Crippen molar-refractivity contribution < 1.29 is 9.53 Å². The van der Waals surface area contributed by atoms with Crippen LogP contribution >= 0.6 is 0 Å². The first kappa shape index (κ1) is 16.3. The van der Waals surface area contributed by atoms with Gasteiger partial charge in [0.15, 0.2) is 5.75 Å². The number of nitrogens with zero attached hydrogens (tertiary/aromatic N) is 2. The number of carbonyl (C=O) groups is 1. The molecule has 4 atom stereocenters. The van der Waals surface area contributed by atoms with Crippen LogP contribution in [0.3, 0.4) is 0 Å². The summed E-state index contributed by atoms with van der Waals surface area (Å²) in [4.78, 5) is 11.3. The number of aryl methyl sites for hydroxylation is 1. The SMILES string of the molecule is CCn1cc(O[C@@H]2CCC[C@@H]2NC(C)CC2CCC(=O)N2)cn1. The third-order valence-corrected chi connectivity index (χ3v) is 4.90. The molecule has 0 spiro atoms. The highest BCUT2D eigenvalue weighted by atomic mass is 16.5. The summed E-state index contributed by atoms with van der Waals surface area (Å²) in [5.74, 6) is 1.05. The molecule has 2 unspecified atom stereocenters. The number of hydrogen-bond donors (Lipinski definition) is 2. The lowest BCUT2D eigenvalue weighted by molar-refractivity contribution is -0.119. The zero-order chi connectivity index (χ0) is 16.2. The molecule has 1 aromatic heterocycles. The smallest absolute Gasteiger partial charge is 0.220 e. The second kappa shape index (κ2) is 7.34. The third kappa shape index (κ3) is 4.25. The van der Waals surface area contributed by atoms with Gasteiger partial charge >= 0.3 is 0 Å². The van der Waals surface area contributed by atoms with Crippen LogP contribution in [0.25, 0.3) is 0 Å². The summed E-state index contributed by atoms with van der Waals surface area (Å²) in [5, 5.41) is 11.0. The Morgan fingerprint density at radius 2 is 2.35 bits per heavy atom. The quantitative estimate of drug-likeness (QED) is 0.804. The fourth-order valence-corrected chi connectivity index (χ4v) is 3.73. The lowest BCUT2D eigenvalue weighted by Gasteiger charge is -2.26. The Kier molecular flexibility index (Phi) is 5.20. The van der Waals surface area contributed by atoms with Crippen molar-refractivity contribution in [3.05, 3.63) is 12.4 Å². The first-order chi connectivity index (χ1) is 11.1. The van der Waals surface area contributed by atoms with Gasteiger partial charge in [-0.15, -0.1) is 0 Å². The topological polar surface area (TPSA) is 68.2 Å². The second-order valence-electron chi connectivity index (χ2n) is 6.83. The molecular weight excluding hydrogens is 292 g/mol. The number of carbonyl (C=O) groups excluding carboxylic acids is 1. The average Bonchev–Trinajstić information content (AvgIpc) is 3.23. The maximum atomic E-state index is 11.3. The van der Waals surface area contributed by atoms with Crippen LogP contribution in [0, 0.1) is 0 Å². The normalized spacial score (nSPS) is 28.8. The zero-order valence-electron chi connectivity index (χ0n) is 14.1. The maximum absolute atomic E-state index is 11.3. The highest BCUT2D eigenvalue weighted by molar-refractivity contribution is 5.78. The number of rotatable bonds is 7. The number of nitrogens with one attached hydrogen (secondary N) is 2. The molecule has 1 saturated carbocycles. The molecule has 1 aliphatic heterocycles. The van der Waals surface area contributed by atoms with Gasteiger partial charge in [-0.05, 0) is 46.0 Å². The minimum atomic E-state index is 0.192. The Balaban J connectivity index is 1.49. The van der Waals surface area contributed by atoms with Crippen molar-refractivity contribution in [2.45, 2.75) is 83.1 Å². The van der Waals surface area contributed by atoms with E-state index in [1.807, 2.05) is 10.9 Å². The van der Waals surface area contributed by atoms with E-state index in [9.17, 15) is 4.79 Å². The summed E-state index contributed by atoms with van der Waals surface area (Å²) < 4.78 is 8.03. The summed E-state index contributed by atoms with van der Waals surface area (Å²) in [6.45, 7) is 5.13. The van der Waals surface area contributed by atoms with Crippen LogP contribution in [-0.2, 0) is 11.3 Å². The van der Waals surface area contributed by atoms with Crippen molar-refractivity contribution in [1.82, 2.24) is 20.4 Å². The van der Waals surface area contributed by atoms with E-state index in [4.69, 9.17) is 4.74 Å². The predicted molar refractivity (Wildman–Crippen MR) is 88.3 cm³/mol. The summed E-state index contributed by atoms with van der Waals surface area (Å²) >= 11 is 0. The Bertz CT molecular complexity index is 530. The highest BCUT2D eigenvalue weighted by Crippen LogP contribution is 2.25. The van der Waals surface area contributed by atoms with Crippen LogP contribution in [0.5, 0.6) is 5.75 Å². The number of amides is 1. The van der Waals surface area contributed by atoms with Crippen LogP contribution in [0.1, 0.15) is 52.4 Å². The van der Waals surface area contributed by atoms with Crippen molar-refractivity contribution in [2.75, 3.05) is 0 Å². The minimum absolute atomic E-state index is 0.192. The van der Waals surface area contributed by atoms with E-state index in [-0.39, 0.29) is 12.0 Å². The van der Waals surface area contributed by atoms with E-state index in [0.717, 1.165) is 38.0 Å². The molecule has 0 aromatic carbocycles. The van der Waals surface area contributed by atoms with E-state index in [1.165, 1.54) is 6.42 Å². The lowest BCUT2D eigenvalue weighted by Crippen LogP contribution is -2.45. The van der Waals surface area contributed by atoms with E-state index in [0.29, 0.717) is 24.5 Å². The Labute approximate surface area is 138 Å². The molecule has 23 heavy (non-hydrogen) atoms. The van der Waals surface area contributed by atoms with Crippen LogP contribution in [0.15, 0.2) is 12.4 Å². The first-order valence-electron chi connectivity index (χ1n) is 8.88. The summed E-state index contributed by atoms with van der Waals surface area (Å²) in [6, 6.07) is 1.09. The van der Waals surface area contributed by atoms with Gasteiger partial charge in [-0.25, -0.2) is 0 Å².